The predicted octanol–water partition coefficient (Wildman–Crippen LogP) is 1.22. The quantitative estimate of drug-likeness (QED) is 0.507. The molecule has 4 N–H and O–H groups in total. The van der Waals surface area contributed by atoms with E-state index in [-0.39, 0.29) is 46.7 Å². The van der Waals surface area contributed by atoms with Crippen LogP contribution in [-0.2, 0) is 14.4 Å². The lowest BCUT2D eigenvalue weighted by Gasteiger charge is -2.70. The molecular formula is C20H23ClFN3O5. The first kappa shape index (κ1) is 20.9. The average Bonchev–Trinajstić information content (AvgIpc) is 2.66. The third-order valence-electron chi connectivity index (χ3n) is 6.15. The summed E-state index contributed by atoms with van der Waals surface area (Å²) in [6, 6.07) is 3.46. The Kier molecular flexibility index (Phi) is 5.36. The van der Waals surface area contributed by atoms with Crippen molar-refractivity contribution in [1.29, 1.82) is 0 Å². The lowest BCUT2D eigenvalue weighted by molar-refractivity contribution is -0.152. The van der Waals surface area contributed by atoms with E-state index in [1.165, 1.54) is 12.1 Å². The van der Waals surface area contributed by atoms with Crippen LogP contribution in [0, 0.1) is 11.7 Å². The standard InChI is InChI=1S/C20H23ClFN3O5/c21-13-2-1-12(6-14(13)22)30-7-16(26)24-19-8-20(9-19,10-19)25-17(27)15-5-11(18(28)29)3-4-23-15/h1-2,6,11,15,23H,3-5,7-10H2,(H,24,26)(H,25,27)(H,28,29). The minimum Gasteiger partial charge on any atom is -0.484 e. The van der Waals surface area contributed by atoms with Gasteiger partial charge in [-0.15, -0.1) is 0 Å². The lowest BCUT2D eigenvalue weighted by Crippen LogP contribution is -2.84. The van der Waals surface area contributed by atoms with E-state index in [2.05, 4.69) is 16.0 Å². The van der Waals surface area contributed by atoms with Crippen LogP contribution >= 0.6 is 11.6 Å². The number of hydrogen-bond donors (Lipinski definition) is 4. The highest BCUT2D eigenvalue weighted by Crippen LogP contribution is 2.60. The molecule has 2 bridgehead atoms. The topological polar surface area (TPSA) is 117 Å². The number of rotatable bonds is 7. The molecule has 8 nitrogen and oxygen atoms in total. The molecule has 2 atom stereocenters. The van der Waals surface area contributed by atoms with E-state index in [1.807, 2.05) is 0 Å². The Labute approximate surface area is 177 Å². The van der Waals surface area contributed by atoms with E-state index < -0.39 is 23.7 Å². The van der Waals surface area contributed by atoms with E-state index in [9.17, 15) is 18.8 Å². The molecule has 1 heterocycles. The molecule has 4 fully saturated rings. The maximum atomic E-state index is 13.4. The molecule has 1 aliphatic heterocycles. The fourth-order valence-electron chi connectivity index (χ4n) is 4.79. The number of carboxylic acid groups (broad SMARTS) is 1. The van der Waals surface area contributed by atoms with Crippen LogP contribution in [0.5, 0.6) is 5.75 Å². The highest BCUT2D eigenvalue weighted by Gasteiger charge is 2.69. The van der Waals surface area contributed by atoms with E-state index in [4.69, 9.17) is 21.4 Å². The molecule has 4 aliphatic rings. The minimum atomic E-state index is -0.870. The van der Waals surface area contributed by atoms with Crippen molar-refractivity contribution < 1.29 is 28.6 Å². The number of amides is 2. The molecule has 5 rings (SSSR count). The fourth-order valence-corrected chi connectivity index (χ4v) is 4.91. The smallest absolute Gasteiger partial charge is 0.306 e. The van der Waals surface area contributed by atoms with Crippen LogP contribution in [0.4, 0.5) is 4.39 Å². The Morgan fingerprint density at radius 3 is 2.60 bits per heavy atom. The van der Waals surface area contributed by atoms with Crippen LogP contribution in [0.1, 0.15) is 32.1 Å². The van der Waals surface area contributed by atoms with Gasteiger partial charge in [0.2, 0.25) is 5.91 Å². The Hall–Kier alpha value is -2.39. The number of hydrogen-bond acceptors (Lipinski definition) is 5. The van der Waals surface area contributed by atoms with Crippen molar-refractivity contribution in [2.45, 2.75) is 49.2 Å². The van der Waals surface area contributed by atoms with Gasteiger partial charge in [-0.3, -0.25) is 14.4 Å². The van der Waals surface area contributed by atoms with Gasteiger partial charge in [-0.2, -0.15) is 0 Å². The molecule has 0 spiro atoms. The first-order chi connectivity index (χ1) is 14.2. The second kappa shape index (κ2) is 7.70. The largest absolute Gasteiger partial charge is 0.484 e. The van der Waals surface area contributed by atoms with E-state index in [1.54, 1.807) is 0 Å². The zero-order valence-electron chi connectivity index (χ0n) is 16.2. The van der Waals surface area contributed by atoms with Gasteiger partial charge in [0.25, 0.3) is 5.91 Å². The summed E-state index contributed by atoms with van der Waals surface area (Å²) in [6.07, 6.45) is 2.68. The average molecular weight is 440 g/mol. The second-order valence-corrected chi connectivity index (χ2v) is 8.97. The molecule has 30 heavy (non-hydrogen) atoms. The highest BCUT2D eigenvalue weighted by atomic mass is 35.5. The van der Waals surface area contributed by atoms with Crippen LogP contribution in [0.25, 0.3) is 0 Å². The molecular weight excluding hydrogens is 417 g/mol. The normalized spacial score (nSPS) is 31.7. The van der Waals surface area contributed by atoms with Crippen molar-refractivity contribution in [2.24, 2.45) is 5.92 Å². The van der Waals surface area contributed by atoms with Crippen molar-refractivity contribution in [3.05, 3.63) is 29.0 Å². The lowest BCUT2D eigenvalue weighted by atomic mass is 9.44. The van der Waals surface area contributed by atoms with Crippen molar-refractivity contribution in [3.8, 4) is 5.75 Å². The van der Waals surface area contributed by atoms with Gasteiger partial charge >= 0.3 is 5.97 Å². The highest BCUT2D eigenvalue weighted by molar-refractivity contribution is 6.30. The van der Waals surface area contributed by atoms with Crippen molar-refractivity contribution in [2.75, 3.05) is 13.2 Å². The molecule has 10 heteroatoms. The number of carbonyl (C=O) groups is 3. The number of benzene rings is 1. The molecule has 2 unspecified atom stereocenters. The maximum Gasteiger partial charge on any atom is 0.306 e. The third-order valence-corrected chi connectivity index (χ3v) is 6.46. The SMILES string of the molecule is O=C(COc1ccc(Cl)c(F)c1)NC12CC(NC(=O)C3CC(C(=O)O)CCN3)(C1)C2. The van der Waals surface area contributed by atoms with Gasteiger partial charge < -0.3 is 25.8 Å². The minimum absolute atomic E-state index is 0.0186. The van der Waals surface area contributed by atoms with Gasteiger partial charge in [0.1, 0.15) is 11.6 Å². The summed E-state index contributed by atoms with van der Waals surface area (Å²) in [6.45, 7) is 0.254. The first-order valence-electron chi connectivity index (χ1n) is 9.86. The van der Waals surface area contributed by atoms with Crippen molar-refractivity contribution in [3.63, 3.8) is 0 Å². The summed E-state index contributed by atoms with van der Waals surface area (Å²) in [4.78, 5) is 35.9. The van der Waals surface area contributed by atoms with Crippen LogP contribution in [0.2, 0.25) is 5.02 Å². The summed E-state index contributed by atoms with van der Waals surface area (Å²) in [5.74, 6) is -2.28. The van der Waals surface area contributed by atoms with Crippen LogP contribution in [0.15, 0.2) is 18.2 Å². The van der Waals surface area contributed by atoms with Gasteiger partial charge in [0.05, 0.1) is 17.0 Å². The number of piperidine rings is 1. The number of halogens is 2. The number of nitrogens with one attached hydrogen (secondary N) is 3. The Morgan fingerprint density at radius 1 is 1.23 bits per heavy atom. The van der Waals surface area contributed by atoms with Gasteiger partial charge in [0, 0.05) is 17.1 Å². The number of ether oxygens (including phenoxy) is 1. The summed E-state index contributed by atoms with van der Waals surface area (Å²) < 4.78 is 18.7. The molecule has 0 radical (unpaired) electrons. The molecule has 3 aliphatic carbocycles. The molecule has 1 aromatic rings. The fraction of sp³-hybridized carbons (Fsp3) is 0.550. The van der Waals surface area contributed by atoms with E-state index in [0.717, 1.165) is 6.07 Å². The van der Waals surface area contributed by atoms with Gasteiger partial charge in [-0.25, -0.2) is 4.39 Å². The van der Waals surface area contributed by atoms with Crippen LogP contribution < -0.4 is 20.7 Å². The second-order valence-electron chi connectivity index (χ2n) is 8.56. The molecule has 1 saturated heterocycles. The van der Waals surface area contributed by atoms with Crippen LogP contribution in [0.3, 0.4) is 0 Å². The Balaban J connectivity index is 1.21. The summed E-state index contributed by atoms with van der Waals surface area (Å²) in [7, 11) is 0. The molecule has 0 aromatic heterocycles. The Morgan fingerprint density at radius 2 is 1.93 bits per heavy atom. The summed E-state index contributed by atoms with van der Waals surface area (Å²) in [5, 5.41) is 18.2. The van der Waals surface area contributed by atoms with Gasteiger partial charge in [-0.1, -0.05) is 11.6 Å². The molecule has 1 aromatic carbocycles. The van der Waals surface area contributed by atoms with Crippen molar-refractivity contribution in [1.82, 2.24) is 16.0 Å². The molecule has 2 amide bonds. The molecule has 162 valence electrons. The third kappa shape index (κ3) is 4.09. The Bertz CT molecular complexity index is 875. The zero-order chi connectivity index (χ0) is 21.5. The van der Waals surface area contributed by atoms with E-state index in [0.29, 0.717) is 32.2 Å². The van der Waals surface area contributed by atoms with Gasteiger partial charge in [-0.05, 0) is 50.8 Å². The van der Waals surface area contributed by atoms with Gasteiger partial charge in [0.15, 0.2) is 6.61 Å². The maximum absolute atomic E-state index is 13.4. The number of aliphatic carboxylic acids is 1. The first-order valence-corrected chi connectivity index (χ1v) is 10.2. The predicted molar refractivity (Wildman–Crippen MR) is 105 cm³/mol. The van der Waals surface area contributed by atoms with E-state index >= 15 is 0 Å². The molecule has 3 saturated carbocycles. The zero-order valence-corrected chi connectivity index (χ0v) is 16.9. The summed E-state index contributed by atoms with van der Waals surface area (Å²) in [5.41, 5.74) is -0.676. The van der Waals surface area contributed by atoms with Crippen molar-refractivity contribution >= 4 is 29.4 Å². The van der Waals surface area contributed by atoms with Crippen LogP contribution in [-0.4, -0.2) is 53.2 Å². The summed E-state index contributed by atoms with van der Waals surface area (Å²) >= 11 is 5.61. The number of carbonyl (C=O) groups excluding carboxylic acids is 2. The number of carboxylic acids is 1. The monoisotopic (exact) mass is 439 g/mol.